The normalized spacial score (nSPS) is 18.3. The topological polar surface area (TPSA) is 99.5 Å². The lowest BCUT2D eigenvalue weighted by atomic mass is 10.1. The molecule has 2 aromatic rings. The second-order valence-corrected chi connectivity index (χ2v) is 10.0. The third-order valence-electron chi connectivity index (χ3n) is 5.47. The number of carbonyl (C=O) groups is 3. The summed E-state index contributed by atoms with van der Waals surface area (Å²) in [5.41, 5.74) is 1.41. The first-order valence-corrected chi connectivity index (χ1v) is 12.8. The van der Waals surface area contributed by atoms with Crippen LogP contribution in [0.2, 0.25) is 0 Å². The summed E-state index contributed by atoms with van der Waals surface area (Å²) in [6, 6.07) is 18.5. The van der Waals surface area contributed by atoms with Gasteiger partial charge in [-0.1, -0.05) is 46.3 Å². The van der Waals surface area contributed by atoms with E-state index in [0.29, 0.717) is 25.1 Å². The molecule has 1 fully saturated rings. The molecule has 0 aromatic heterocycles. The van der Waals surface area contributed by atoms with Crippen molar-refractivity contribution >= 4 is 51.0 Å². The van der Waals surface area contributed by atoms with E-state index >= 15 is 0 Å². The number of hydrogen-bond donors (Lipinski definition) is 1. The first-order chi connectivity index (χ1) is 16.4. The third-order valence-corrected chi connectivity index (χ3v) is 7.52. The SMILES string of the molecule is CCN1C(=O)C(CCNc2ccccc2)SC1CC(C#N)C(=O)OCC(=O)c1ccc(Br)cc1. The Balaban J connectivity index is 1.52. The van der Waals surface area contributed by atoms with Crippen molar-refractivity contribution in [3.05, 3.63) is 64.6 Å². The number of amides is 1. The van der Waals surface area contributed by atoms with Crippen LogP contribution in [0.3, 0.4) is 0 Å². The molecule has 1 aliphatic rings. The van der Waals surface area contributed by atoms with Gasteiger partial charge in [-0.05, 0) is 37.6 Å². The summed E-state index contributed by atoms with van der Waals surface area (Å²) in [5, 5.41) is 12.3. The molecule has 2 aromatic carbocycles. The van der Waals surface area contributed by atoms with Crippen molar-refractivity contribution in [2.75, 3.05) is 25.0 Å². The molecule has 178 valence electrons. The van der Waals surface area contributed by atoms with Gasteiger partial charge in [0.1, 0.15) is 5.92 Å². The van der Waals surface area contributed by atoms with E-state index in [2.05, 4.69) is 21.2 Å². The molecule has 0 bridgehead atoms. The highest BCUT2D eigenvalue weighted by molar-refractivity contribution is 9.10. The van der Waals surface area contributed by atoms with Gasteiger partial charge in [0.05, 0.1) is 16.7 Å². The number of hydrogen-bond acceptors (Lipinski definition) is 7. The predicted molar refractivity (Wildman–Crippen MR) is 135 cm³/mol. The highest BCUT2D eigenvalue weighted by atomic mass is 79.9. The molecule has 1 heterocycles. The summed E-state index contributed by atoms with van der Waals surface area (Å²) < 4.78 is 5.98. The summed E-state index contributed by atoms with van der Waals surface area (Å²) in [7, 11) is 0. The fourth-order valence-electron chi connectivity index (χ4n) is 3.65. The number of ketones is 1. The third kappa shape index (κ3) is 6.84. The number of benzene rings is 2. The van der Waals surface area contributed by atoms with Gasteiger partial charge in [-0.3, -0.25) is 14.4 Å². The van der Waals surface area contributed by atoms with Crippen LogP contribution in [0, 0.1) is 17.2 Å². The van der Waals surface area contributed by atoms with Crippen molar-refractivity contribution in [2.24, 2.45) is 5.92 Å². The van der Waals surface area contributed by atoms with Crippen LogP contribution in [0.1, 0.15) is 30.1 Å². The van der Waals surface area contributed by atoms with Gasteiger partial charge in [0, 0.05) is 35.2 Å². The maximum Gasteiger partial charge on any atom is 0.323 e. The van der Waals surface area contributed by atoms with Gasteiger partial charge in [-0.15, -0.1) is 11.8 Å². The highest BCUT2D eigenvalue weighted by Crippen LogP contribution is 2.37. The van der Waals surface area contributed by atoms with E-state index in [1.807, 2.05) is 43.3 Å². The molecule has 0 saturated carbocycles. The smallest absolute Gasteiger partial charge is 0.323 e. The number of halogens is 1. The van der Waals surface area contributed by atoms with Crippen LogP contribution in [-0.4, -0.2) is 52.9 Å². The van der Waals surface area contributed by atoms with Crippen molar-refractivity contribution in [2.45, 2.75) is 30.4 Å². The number of ether oxygens (including phenoxy) is 1. The number of esters is 1. The summed E-state index contributed by atoms with van der Waals surface area (Å²) in [6.07, 6.45) is 0.795. The van der Waals surface area contributed by atoms with E-state index in [9.17, 15) is 19.6 Å². The quantitative estimate of drug-likeness (QED) is 0.329. The minimum Gasteiger partial charge on any atom is -0.456 e. The van der Waals surface area contributed by atoms with Gasteiger partial charge in [0.15, 0.2) is 12.4 Å². The molecule has 1 aliphatic heterocycles. The van der Waals surface area contributed by atoms with E-state index in [0.717, 1.165) is 10.2 Å². The zero-order valence-corrected chi connectivity index (χ0v) is 21.2. The van der Waals surface area contributed by atoms with Crippen LogP contribution in [0.25, 0.3) is 0 Å². The Morgan fingerprint density at radius 3 is 2.56 bits per heavy atom. The maximum absolute atomic E-state index is 12.9. The lowest BCUT2D eigenvalue weighted by Crippen LogP contribution is -2.36. The van der Waals surface area contributed by atoms with Crippen molar-refractivity contribution in [1.82, 2.24) is 4.90 Å². The van der Waals surface area contributed by atoms with Crippen molar-refractivity contribution in [3.8, 4) is 6.07 Å². The molecule has 0 radical (unpaired) electrons. The molecule has 9 heteroatoms. The fraction of sp³-hybridized carbons (Fsp3) is 0.360. The zero-order chi connectivity index (χ0) is 24.5. The standard InChI is InChI=1S/C25H26BrN3O4S/c1-2-29-23(34-22(24(29)31)12-13-28-20-6-4-3-5-7-20)14-18(15-27)25(32)33-16-21(30)17-8-10-19(26)11-9-17/h3-11,18,22-23,28H,2,12-14,16H2,1H3. The predicted octanol–water partition coefficient (Wildman–Crippen LogP) is 4.50. The van der Waals surface area contributed by atoms with Crippen LogP contribution in [0.15, 0.2) is 59.1 Å². The summed E-state index contributed by atoms with van der Waals surface area (Å²) >= 11 is 4.78. The number of nitriles is 1. The van der Waals surface area contributed by atoms with Crippen molar-refractivity contribution in [3.63, 3.8) is 0 Å². The second-order valence-electron chi connectivity index (χ2n) is 7.74. The molecule has 0 spiro atoms. The molecule has 3 atom stereocenters. The summed E-state index contributed by atoms with van der Waals surface area (Å²) in [6.45, 7) is 2.58. The average Bonchev–Trinajstić information content (AvgIpc) is 3.15. The molecule has 1 amide bonds. The lowest BCUT2D eigenvalue weighted by Gasteiger charge is -2.23. The van der Waals surface area contributed by atoms with Crippen LogP contribution in [0.4, 0.5) is 5.69 Å². The lowest BCUT2D eigenvalue weighted by molar-refractivity contribution is -0.146. The Kier molecular flexibility index (Phi) is 9.54. The van der Waals surface area contributed by atoms with Gasteiger partial charge < -0.3 is 15.0 Å². The minimum atomic E-state index is -1.06. The van der Waals surface area contributed by atoms with E-state index in [1.54, 1.807) is 29.2 Å². The number of anilines is 1. The molecule has 1 N–H and O–H groups in total. The maximum atomic E-state index is 12.9. The molecule has 7 nitrogen and oxygen atoms in total. The Labute approximate surface area is 212 Å². The molecular formula is C25H26BrN3O4S. The number of thioether (sulfide) groups is 1. The Bertz CT molecular complexity index is 1040. The highest BCUT2D eigenvalue weighted by Gasteiger charge is 2.41. The number of carbonyl (C=O) groups excluding carboxylic acids is 3. The Hall–Kier alpha value is -2.83. The van der Waals surface area contributed by atoms with Gasteiger partial charge in [0.25, 0.3) is 0 Å². The molecule has 0 aliphatic carbocycles. The average molecular weight is 544 g/mol. The monoisotopic (exact) mass is 543 g/mol. The van der Waals surface area contributed by atoms with E-state index in [-0.39, 0.29) is 28.7 Å². The molecule has 1 saturated heterocycles. The van der Waals surface area contributed by atoms with E-state index in [4.69, 9.17) is 4.74 Å². The van der Waals surface area contributed by atoms with Gasteiger partial charge in [-0.25, -0.2) is 0 Å². The summed E-state index contributed by atoms with van der Waals surface area (Å²) in [5.74, 6) is -2.13. The minimum absolute atomic E-state index is 0.0165. The first-order valence-electron chi connectivity index (χ1n) is 11.0. The zero-order valence-electron chi connectivity index (χ0n) is 18.8. The van der Waals surface area contributed by atoms with Crippen LogP contribution in [0.5, 0.6) is 0 Å². The van der Waals surface area contributed by atoms with Crippen molar-refractivity contribution < 1.29 is 19.1 Å². The van der Waals surface area contributed by atoms with Crippen molar-refractivity contribution in [1.29, 1.82) is 5.26 Å². The van der Waals surface area contributed by atoms with Gasteiger partial charge in [0.2, 0.25) is 5.91 Å². The number of nitrogens with zero attached hydrogens (tertiary/aromatic N) is 2. The van der Waals surface area contributed by atoms with Crippen LogP contribution < -0.4 is 5.32 Å². The largest absolute Gasteiger partial charge is 0.456 e. The number of para-hydroxylation sites is 1. The number of rotatable bonds is 11. The van der Waals surface area contributed by atoms with E-state index < -0.39 is 18.5 Å². The fourth-order valence-corrected chi connectivity index (χ4v) is 5.50. The number of Topliss-reactive ketones (excluding diaryl/α,β-unsaturated/α-hetero) is 1. The van der Waals surface area contributed by atoms with E-state index in [1.165, 1.54) is 11.8 Å². The van der Waals surface area contributed by atoms with Gasteiger partial charge >= 0.3 is 5.97 Å². The molecular weight excluding hydrogens is 518 g/mol. The van der Waals surface area contributed by atoms with Gasteiger partial charge in [-0.2, -0.15) is 5.26 Å². The van der Waals surface area contributed by atoms with Crippen LogP contribution >= 0.6 is 27.7 Å². The number of nitrogens with one attached hydrogen (secondary N) is 1. The second kappa shape index (κ2) is 12.6. The first kappa shape index (κ1) is 25.8. The molecule has 34 heavy (non-hydrogen) atoms. The molecule has 3 unspecified atom stereocenters. The Morgan fingerprint density at radius 1 is 1.21 bits per heavy atom. The summed E-state index contributed by atoms with van der Waals surface area (Å²) in [4.78, 5) is 39.3. The molecule has 3 rings (SSSR count). The van der Waals surface area contributed by atoms with Crippen LogP contribution in [-0.2, 0) is 14.3 Å². The Morgan fingerprint density at radius 2 is 1.91 bits per heavy atom.